The first kappa shape index (κ1) is 15.5. The van der Waals surface area contributed by atoms with Crippen LogP contribution in [0.25, 0.3) is 0 Å². The predicted octanol–water partition coefficient (Wildman–Crippen LogP) is 2.76. The van der Waals surface area contributed by atoms with E-state index in [1.807, 2.05) is 0 Å². The van der Waals surface area contributed by atoms with Crippen molar-refractivity contribution in [2.75, 3.05) is 19.0 Å². The van der Waals surface area contributed by atoms with Crippen LogP contribution in [-0.2, 0) is 14.3 Å². The minimum absolute atomic E-state index is 0.0637. The third-order valence-electron chi connectivity index (χ3n) is 3.53. The molecule has 0 aromatic heterocycles. The molecule has 1 atom stereocenters. The van der Waals surface area contributed by atoms with Gasteiger partial charge in [-0.25, -0.2) is 4.79 Å². The molecule has 0 radical (unpaired) electrons. The molecule has 0 saturated carbocycles. The van der Waals surface area contributed by atoms with Crippen molar-refractivity contribution >= 4 is 17.6 Å². The average Bonchev–Trinajstić information content (AvgIpc) is 2.53. The number of anilines is 1. The van der Waals surface area contributed by atoms with Crippen molar-refractivity contribution in [1.82, 2.24) is 0 Å². The summed E-state index contributed by atoms with van der Waals surface area (Å²) in [5, 5.41) is 2.80. The molecule has 21 heavy (non-hydrogen) atoms. The Labute approximate surface area is 124 Å². The fourth-order valence-electron chi connectivity index (χ4n) is 2.39. The standard InChI is InChI=1S/C16H21NO4/c1-20-16(19)12-5-4-6-13(11-12)17-15(18)9-8-14-7-2-3-10-21-14/h4-6,11,14H,2-3,7-10H2,1H3,(H,17,18). The zero-order valence-corrected chi connectivity index (χ0v) is 12.3. The van der Waals surface area contributed by atoms with E-state index in [9.17, 15) is 9.59 Å². The largest absolute Gasteiger partial charge is 0.465 e. The molecule has 2 rings (SSSR count). The topological polar surface area (TPSA) is 64.6 Å². The quantitative estimate of drug-likeness (QED) is 0.847. The van der Waals surface area contributed by atoms with Gasteiger partial charge >= 0.3 is 5.97 Å². The summed E-state index contributed by atoms with van der Waals surface area (Å²) in [6.45, 7) is 0.799. The van der Waals surface area contributed by atoms with E-state index in [-0.39, 0.29) is 12.0 Å². The lowest BCUT2D eigenvalue weighted by Gasteiger charge is -2.22. The van der Waals surface area contributed by atoms with Crippen LogP contribution >= 0.6 is 0 Å². The zero-order valence-electron chi connectivity index (χ0n) is 12.3. The Bertz CT molecular complexity index is 495. The highest BCUT2D eigenvalue weighted by Crippen LogP contribution is 2.18. The fourth-order valence-corrected chi connectivity index (χ4v) is 2.39. The molecule has 5 nitrogen and oxygen atoms in total. The summed E-state index contributed by atoms with van der Waals surface area (Å²) in [6.07, 6.45) is 4.68. The Morgan fingerprint density at radius 2 is 2.24 bits per heavy atom. The third kappa shape index (κ3) is 4.86. The van der Waals surface area contributed by atoms with Gasteiger partial charge in [0.15, 0.2) is 0 Å². The first-order valence-electron chi connectivity index (χ1n) is 7.29. The van der Waals surface area contributed by atoms with Gasteiger partial charge in [0.25, 0.3) is 0 Å². The van der Waals surface area contributed by atoms with E-state index >= 15 is 0 Å². The number of hydrogen-bond acceptors (Lipinski definition) is 4. The second kappa shape index (κ2) is 7.78. The second-order valence-electron chi connectivity index (χ2n) is 5.15. The molecule has 0 spiro atoms. The smallest absolute Gasteiger partial charge is 0.337 e. The van der Waals surface area contributed by atoms with Gasteiger partial charge in [0.05, 0.1) is 18.8 Å². The van der Waals surface area contributed by atoms with Gasteiger partial charge in [0, 0.05) is 18.7 Å². The van der Waals surface area contributed by atoms with Crippen LogP contribution in [0.5, 0.6) is 0 Å². The number of amides is 1. The van der Waals surface area contributed by atoms with Crippen LogP contribution in [0.2, 0.25) is 0 Å². The first-order valence-corrected chi connectivity index (χ1v) is 7.29. The third-order valence-corrected chi connectivity index (χ3v) is 3.53. The van der Waals surface area contributed by atoms with Crippen molar-refractivity contribution in [1.29, 1.82) is 0 Å². The maximum Gasteiger partial charge on any atom is 0.337 e. The predicted molar refractivity (Wildman–Crippen MR) is 79.2 cm³/mol. The molecule has 1 aromatic rings. The molecule has 1 saturated heterocycles. The van der Waals surface area contributed by atoms with E-state index in [1.165, 1.54) is 13.5 Å². The summed E-state index contributed by atoms with van der Waals surface area (Å²) in [5.41, 5.74) is 1.03. The molecule has 5 heteroatoms. The van der Waals surface area contributed by atoms with Gasteiger partial charge in [0.2, 0.25) is 5.91 Å². The van der Waals surface area contributed by atoms with Gasteiger partial charge in [-0.3, -0.25) is 4.79 Å². The number of esters is 1. The van der Waals surface area contributed by atoms with Gasteiger partial charge in [-0.05, 0) is 43.9 Å². The Kier molecular flexibility index (Phi) is 5.75. The fraction of sp³-hybridized carbons (Fsp3) is 0.500. The molecular weight excluding hydrogens is 270 g/mol. The summed E-state index contributed by atoms with van der Waals surface area (Å²) < 4.78 is 10.3. The van der Waals surface area contributed by atoms with Crippen LogP contribution in [0.15, 0.2) is 24.3 Å². The molecule has 0 bridgehead atoms. The van der Waals surface area contributed by atoms with E-state index in [0.29, 0.717) is 17.7 Å². The molecule has 114 valence electrons. The monoisotopic (exact) mass is 291 g/mol. The number of methoxy groups -OCH3 is 1. The molecule has 1 fully saturated rings. The van der Waals surface area contributed by atoms with E-state index in [4.69, 9.17) is 4.74 Å². The zero-order chi connectivity index (χ0) is 15.1. The van der Waals surface area contributed by atoms with Crippen molar-refractivity contribution in [2.24, 2.45) is 0 Å². The SMILES string of the molecule is COC(=O)c1cccc(NC(=O)CCC2CCCCO2)c1. The van der Waals surface area contributed by atoms with Crippen molar-refractivity contribution < 1.29 is 19.1 Å². The van der Waals surface area contributed by atoms with Crippen LogP contribution in [0.1, 0.15) is 42.5 Å². The molecule has 1 heterocycles. The molecule has 1 aliphatic heterocycles. The van der Waals surface area contributed by atoms with Crippen LogP contribution < -0.4 is 5.32 Å². The number of hydrogen-bond donors (Lipinski definition) is 1. The number of rotatable bonds is 5. The highest BCUT2D eigenvalue weighted by atomic mass is 16.5. The van der Waals surface area contributed by atoms with Gasteiger partial charge in [-0.2, -0.15) is 0 Å². The summed E-state index contributed by atoms with van der Waals surface area (Å²) in [5.74, 6) is -0.479. The highest BCUT2D eigenvalue weighted by molar-refractivity contribution is 5.94. The Hall–Kier alpha value is -1.88. The van der Waals surface area contributed by atoms with E-state index < -0.39 is 5.97 Å². The van der Waals surface area contributed by atoms with Gasteiger partial charge in [-0.1, -0.05) is 6.07 Å². The van der Waals surface area contributed by atoms with E-state index in [0.717, 1.165) is 25.9 Å². The molecular formula is C16H21NO4. The molecule has 0 aliphatic carbocycles. The van der Waals surface area contributed by atoms with Crippen molar-refractivity contribution in [3.05, 3.63) is 29.8 Å². The summed E-state index contributed by atoms with van der Waals surface area (Å²) in [4.78, 5) is 23.4. The number of ether oxygens (including phenoxy) is 2. The first-order chi connectivity index (χ1) is 10.2. The summed E-state index contributed by atoms with van der Waals surface area (Å²) in [7, 11) is 1.33. The number of carbonyl (C=O) groups excluding carboxylic acids is 2. The van der Waals surface area contributed by atoms with Crippen LogP contribution in [0, 0.1) is 0 Å². The molecule has 1 aromatic carbocycles. The van der Waals surface area contributed by atoms with Gasteiger partial charge in [-0.15, -0.1) is 0 Å². The molecule has 1 unspecified atom stereocenters. The normalized spacial score (nSPS) is 18.0. The lowest BCUT2D eigenvalue weighted by Crippen LogP contribution is -2.21. The molecule has 1 N–H and O–H groups in total. The number of benzene rings is 1. The van der Waals surface area contributed by atoms with Crippen molar-refractivity contribution in [2.45, 2.75) is 38.2 Å². The molecule has 1 aliphatic rings. The van der Waals surface area contributed by atoms with Crippen LogP contribution in [-0.4, -0.2) is 31.7 Å². The highest BCUT2D eigenvalue weighted by Gasteiger charge is 2.15. The van der Waals surface area contributed by atoms with E-state index in [2.05, 4.69) is 10.1 Å². The van der Waals surface area contributed by atoms with Gasteiger partial charge < -0.3 is 14.8 Å². The number of carbonyl (C=O) groups is 2. The summed E-state index contributed by atoms with van der Waals surface area (Å²) in [6, 6.07) is 6.73. The van der Waals surface area contributed by atoms with Crippen LogP contribution in [0.3, 0.4) is 0 Å². The van der Waals surface area contributed by atoms with E-state index in [1.54, 1.807) is 24.3 Å². The van der Waals surface area contributed by atoms with Crippen molar-refractivity contribution in [3.8, 4) is 0 Å². The second-order valence-corrected chi connectivity index (χ2v) is 5.15. The lowest BCUT2D eigenvalue weighted by atomic mass is 10.0. The Morgan fingerprint density at radius 3 is 2.95 bits per heavy atom. The van der Waals surface area contributed by atoms with Crippen molar-refractivity contribution in [3.63, 3.8) is 0 Å². The average molecular weight is 291 g/mol. The Balaban J connectivity index is 1.83. The minimum atomic E-state index is -0.415. The maximum absolute atomic E-state index is 11.9. The maximum atomic E-state index is 11.9. The summed E-state index contributed by atoms with van der Waals surface area (Å²) >= 11 is 0. The molecule has 1 amide bonds. The number of nitrogens with one attached hydrogen (secondary N) is 1. The Morgan fingerprint density at radius 1 is 1.38 bits per heavy atom. The minimum Gasteiger partial charge on any atom is -0.465 e. The lowest BCUT2D eigenvalue weighted by molar-refractivity contribution is -0.117. The van der Waals surface area contributed by atoms with Crippen LogP contribution in [0.4, 0.5) is 5.69 Å². The van der Waals surface area contributed by atoms with Gasteiger partial charge in [0.1, 0.15) is 0 Å².